The highest BCUT2D eigenvalue weighted by Gasteiger charge is 2.12. The molecule has 0 aliphatic carbocycles. The zero-order valence-electron chi connectivity index (χ0n) is 19.6. The van der Waals surface area contributed by atoms with Crippen molar-refractivity contribution < 1.29 is 15.0 Å². The van der Waals surface area contributed by atoms with Gasteiger partial charge in [-0.25, -0.2) is 0 Å². The lowest BCUT2D eigenvalue weighted by molar-refractivity contribution is 0.0988. The van der Waals surface area contributed by atoms with Crippen LogP contribution >= 0.6 is 0 Å². The Kier molecular flexibility index (Phi) is 14.4. The number of phenols is 2. The second-order valence-corrected chi connectivity index (χ2v) is 7.84. The Balaban J connectivity index is 0.000000581. The van der Waals surface area contributed by atoms with Crippen molar-refractivity contribution in [3.8, 4) is 11.5 Å². The van der Waals surface area contributed by atoms with Gasteiger partial charge in [0.25, 0.3) is 0 Å². The minimum Gasteiger partial charge on any atom is -0.507 e. The van der Waals surface area contributed by atoms with Crippen molar-refractivity contribution in [2.24, 2.45) is 0 Å². The standard InChI is InChI=1S/C15H22O2.C12H18O.CH4/c1-4-7-11-9-13(14(16)6-3)10-12(8-5-2)15(11)17;1-3-6-10-8-5-9-11(7-4-2)12(10)13;/h9-10,17H,4-8H2,1-3H3;5,8-9,13H,3-4,6-7H2,1-2H3;1H4. The number of hydrogen-bond acceptors (Lipinski definition) is 3. The monoisotopic (exact) mass is 428 g/mol. The molecule has 0 fully saturated rings. The number of carbonyl (C=O) groups is 1. The van der Waals surface area contributed by atoms with E-state index in [1.54, 1.807) is 0 Å². The van der Waals surface area contributed by atoms with Crippen LogP contribution in [0.15, 0.2) is 30.3 Å². The van der Waals surface area contributed by atoms with Gasteiger partial charge in [-0.15, -0.1) is 0 Å². The predicted octanol–water partition coefficient (Wildman–Crippen LogP) is 7.82. The van der Waals surface area contributed by atoms with E-state index in [1.165, 1.54) is 0 Å². The van der Waals surface area contributed by atoms with Gasteiger partial charge >= 0.3 is 0 Å². The van der Waals surface area contributed by atoms with Crippen LogP contribution in [0.25, 0.3) is 0 Å². The number of Topliss-reactive ketones (excluding diaryl/α,β-unsaturated/α-hetero) is 1. The molecule has 0 aromatic heterocycles. The SMILES string of the molecule is C.CCCc1cc(C(=O)CC)cc(CCC)c1O.CCCc1cccc(CCC)c1O. The van der Waals surface area contributed by atoms with Crippen molar-refractivity contribution >= 4 is 5.78 Å². The Bertz CT molecular complexity index is 742. The molecule has 0 radical (unpaired) electrons. The molecule has 2 rings (SSSR count). The molecule has 0 aliphatic rings. The summed E-state index contributed by atoms with van der Waals surface area (Å²) >= 11 is 0. The van der Waals surface area contributed by atoms with E-state index in [0.29, 0.717) is 17.9 Å². The number of hydrogen-bond donors (Lipinski definition) is 2. The first-order valence-electron chi connectivity index (χ1n) is 11.6. The minimum atomic E-state index is 0. The van der Waals surface area contributed by atoms with E-state index in [0.717, 1.165) is 79.2 Å². The number of para-hydroxylation sites is 1. The van der Waals surface area contributed by atoms with Gasteiger partial charge in [0, 0.05) is 12.0 Å². The lowest BCUT2D eigenvalue weighted by Crippen LogP contribution is -2.01. The Morgan fingerprint density at radius 2 is 1.03 bits per heavy atom. The zero-order chi connectivity index (χ0) is 22.5. The van der Waals surface area contributed by atoms with Crippen molar-refractivity contribution in [1.29, 1.82) is 0 Å². The second-order valence-electron chi connectivity index (χ2n) is 7.84. The summed E-state index contributed by atoms with van der Waals surface area (Å²) in [5.74, 6) is 1.06. The predicted molar refractivity (Wildman–Crippen MR) is 134 cm³/mol. The summed E-state index contributed by atoms with van der Waals surface area (Å²) in [5, 5.41) is 20.0. The summed E-state index contributed by atoms with van der Waals surface area (Å²) in [6.07, 6.45) is 8.24. The number of rotatable bonds is 10. The van der Waals surface area contributed by atoms with E-state index in [1.807, 2.05) is 37.3 Å². The van der Waals surface area contributed by atoms with Crippen LogP contribution in [0, 0.1) is 0 Å². The molecule has 0 amide bonds. The van der Waals surface area contributed by atoms with E-state index >= 15 is 0 Å². The molecule has 2 aromatic carbocycles. The van der Waals surface area contributed by atoms with Gasteiger partial charge in [-0.2, -0.15) is 0 Å². The Morgan fingerprint density at radius 1 is 0.677 bits per heavy atom. The molecule has 31 heavy (non-hydrogen) atoms. The fourth-order valence-corrected chi connectivity index (χ4v) is 3.63. The van der Waals surface area contributed by atoms with Crippen LogP contribution in [0.1, 0.15) is 107 Å². The average Bonchev–Trinajstić information content (AvgIpc) is 2.74. The molecule has 174 valence electrons. The van der Waals surface area contributed by atoms with Crippen LogP contribution in [0.3, 0.4) is 0 Å². The van der Waals surface area contributed by atoms with Gasteiger partial charge in [0.1, 0.15) is 11.5 Å². The van der Waals surface area contributed by atoms with Gasteiger partial charge in [-0.05, 0) is 60.1 Å². The number of benzene rings is 2. The molecule has 2 aromatic rings. The lowest BCUT2D eigenvalue weighted by Gasteiger charge is -2.11. The largest absolute Gasteiger partial charge is 0.507 e. The van der Waals surface area contributed by atoms with Crippen LogP contribution < -0.4 is 0 Å². The first-order chi connectivity index (χ1) is 14.4. The number of phenolic OH excluding ortho intramolecular Hbond substituents is 2. The van der Waals surface area contributed by atoms with Crippen LogP contribution in [0.5, 0.6) is 11.5 Å². The maximum Gasteiger partial charge on any atom is 0.162 e. The van der Waals surface area contributed by atoms with Crippen molar-refractivity contribution in [1.82, 2.24) is 0 Å². The fourth-order valence-electron chi connectivity index (χ4n) is 3.63. The highest BCUT2D eigenvalue weighted by atomic mass is 16.3. The molecule has 0 saturated heterocycles. The lowest BCUT2D eigenvalue weighted by atomic mass is 9.96. The molecule has 2 N–H and O–H groups in total. The van der Waals surface area contributed by atoms with Crippen molar-refractivity contribution in [2.45, 2.75) is 99.8 Å². The molecule has 0 unspecified atom stereocenters. The van der Waals surface area contributed by atoms with Gasteiger partial charge in [0.15, 0.2) is 5.78 Å². The fraction of sp³-hybridized carbons (Fsp3) is 0.536. The van der Waals surface area contributed by atoms with Crippen molar-refractivity contribution in [3.05, 3.63) is 58.1 Å². The quantitative estimate of drug-likeness (QED) is 0.379. The maximum absolute atomic E-state index is 11.8. The number of ketones is 1. The second kappa shape index (κ2) is 15.5. The summed E-state index contributed by atoms with van der Waals surface area (Å²) in [6, 6.07) is 9.76. The van der Waals surface area contributed by atoms with E-state index in [9.17, 15) is 15.0 Å². The molecule has 3 nitrogen and oxygen atoms in total. The Hall–Kier alpha value is -2.29. The van der Waals surface area contributed by atoms with E-state index in [-0.39, 0.29) is 13.2 Å². The highest BCUT2D eigenvalue weighted by molar-refractivity contribution is 5.96. The normalized spacial score (nSPS) is 10.1. The van der Waals surface area contributed by atoms with Gasteiger partial charge in [-0.1, -0.05) is 85.9 Å². The molecule has 0 bridgehead atoms. The summed E-state index contributed by atoms with van der Waals surface area (Å²) in [6.45, 7) is 10.3. The Morgan fingerprint density at radius 3 is 1.39 bits per heavy atom. The van der Waals surface area contributed by atoms with Crippen molar-refractivity contribution in [3.63, 3.8) is 0 Å². The molecule has 3 heteroatoms. The number of aryl methyl sites for hydroxylation is 4. The maximum atomic E-state index is 11.8. The summed E-state index contributed by atoms with van der Waals surface area (Å²) in [4.78, 5) is 11.8. The molecular weight excluding hydrogens is 384 g/mol. The highest BCUT2D eigenvalue weighted by Crippen LogP contribution is 2.28. The molecule has 0 spiro atoms. The minimum absolute atomic E-state index is 0. The van der Waals surface area contributed by atoms with E-state index in [2.05, 4.69) is 27.7 Å². The van der Waals surface area contributed by atoms with Crippen molar-refractivity contribution in [2.75, 3.05) is 0 Å². The molecular formula is C28H44O3. The molecule has 0 atom stereocenters. The number of aromatic hydroxyl groups is 2. The average molecular weight is 429 g/mol. The summed E-state index contributed by atoms with van der Waals surface area (Å²) < 4.78 is 0. The summed E-state index contributed by atoms with van der Waals surface area (Å²) in [7, 11) is 0. The first kappa shape index (κ1) is 28.7. The smallest absolute Gasteiger partial charge is 0.162 e. The van der Waals surface area contributed by atoms with E-state index in [4.69, 9.17) is 0 Å². The van der Waals surface area contributed by atoms with Gasteiger partial charge in [0.05, 0.1) is 0 Å². The molecule has 0 aliphatic heterocycles. The van der Waals surface area contributed by atoms with Crippen LogP contribution in [0.4, 0.5) is 0 Å². The third kappa shape index (κ3) is 8.77. The first-order valence-corrected chi connectivity index (χ1v) is 11.6. The van der Waals surface area contributed by atoms with Crippen LogP contribution in [-0.4, -0.2) is 16.0 Å². The molecule has 0 saturated carbocycles. The third-order valence-corrected chi connectivity index (χ3v) is 5.19. The van der Waals surface area contributed by atoms with Gasteiger partial charge < -0.3 is 10.2 Å². The van der Waals surface area contributed by atoms with Crippen LogP contribution in [0.2, 0.25) is 0 Å². The number of carbonyl (C=O) groups excluding carboxylic acids is 1. The third-order valence-electron chi connectivity index (χ3n) is 5.19. The van der Waals surface area contributed by atoms with Gasteiger partial charge in [0.2, 0.25) is 0 Å². The zero-order valence-corrected chi connectivity index (χ0v) is 19.6. The van der Waals surface area contributed by atoms with Crippen LogP contribution in [-0.2, 0) is 25.7 Å². The van der Waals surface area contributed by atoms with Gasteiger partial charge in [-0.3, -0.25) is 4.79 Å². The summed E-state index contributed by atoms with van der Waals surface area (Å²) in [5.41, 5.74) is 4.75. The van der Waals surface area contributed by atoms with E-state index < -0.39 is 0 Å². The topological polar surface area (TPSA) is 57.5 Å². The Labute approximate surface area is 190 Å². The molecule has 0 heterocycles.